The second-order valence-electron chi connectivity index (χ2n) is 4.12. The monoisotopic (exact) mass is 298 g/mol. The van der Waals surface area contributed by atoms with Crippen LogP contribution in [0.15, 0.2) is 41.6 Å². The molecule has 0 aliphatic rings. The van der Waals surface area contributed by atoms with Crippen LogP contribution in [0.2, 0.25) is 0 Å². The van der Waals surface area contributed by atoms with Gasteiger partial charge < -0.3 is 0 Å². The van der Waals surface area contributed by atoms with E-state index in [2.05, 4.69) is 9.71 Å². The third-order valence-electron chi connectivity index (χ3n) is 2.64. The third kappa shape index (κ3) is 3.11. The van der Waals surface area contributed by atoms with Crippen LogP contribution in [0.3, 0.4) is 0 Å². The smallest absolute Gasteiger partial charge is 0.264 e. The minimum absolute atomic E-state index is 0.230. The Hall–Kier alpha value is -2.02. The maximum Gasteiger partial charge on any atom is 0.264 e. The fourth-order valence-electron chi connectivity index (χ4n) is 1.64. The molecule has 20 heavy (non-hydrogen) atoms. The molecule has 0 bridgehead atoms. The highest BCUT2D eigenvalue weighted by Crippen LogP contribution is 2.19. The van der Waals surface area contributed by atoms with Crippen molar-refractivity contribution in [1.29, 1.82) is 0 Å². The number of hydrogen-bond acceptors (Lipinski definition) is 3. The van der Waals surface area contributed by atoms with E-state index in [4.69, 9.17) is 0 Å². The first kappa shape index (κ1) is 14.4. The van der Waals surface area contributed by atoms with E-state index in [0.29, 0.717) is 12.5 Å². The van der Waals surface area contributed by atoms with Gasteiger partial charge in [-0.25, -0.2) is 17.2 Å². The molecule has 1 N–H and O–H groups in total. The maximum absolute atomic E-state index is 13.5. The zero-order chi connectivity index (χ0) is 14.8. The highest BCUT2D eigenvalue weighted by molar-refractivity contribution is 7.92. The molecule has 4 nitrogen and oxygen atoms in total. The van der Waals surface area contributed by atoms with E-state index in [0.717, 1.165) is 17.7 Å². The summed E-state index contributed by atoms with van der Waals surface area (Å²) in [5.41, 5.74) is 1.07. The first-order valence-corrected chi connectivity index (χ1v) is 7.32. The van der Waals surface area contributed by atoms with Gasteiger partial charge in [-0.3, -0.25) is 9.71 Å². The van der Waals surface area contributed by atoms with E-state index in [1.807, 2.05) is 6.92 Å². The summed E-state index contributed by atoms with van der Waals surface area (Å²) in [5.74, 6) is -1.98. The van der Waals surface area contributed by atoms with Crippen LogP contribution in [0, 0.1) is 11.6 Å². The molecule has 2 aromatic rings. The summed E-state index contributed by atoms with van der Waals surface area (Å²) in [6.45, 7) is 1.90. The predicted molar refractivity (Wildman–Crippen MR) is 70.8 cm³/mol. The summed E-state index contributed by atoms with van der Waals surface area (Å²) in [5, 5.41) is 0. The average Bonchev–Trinajstić information content (AvgIpc) is 2.37. The standard InChI is InChI=1S/C13H12F2N2O2S/c1-2-9-5-11(8-16-7-9)17-20(18,19)13-4-3-10(14)6-12(13)15/h3-8,17H,2H2,1H3. The molecule has 0 radical (unpaired) electrons. The lowest BCUT2D eigenvalue weighted by atomic mass is 10.2. The van der Waals surface area contributed by atoms with Gasteiger partial charge in [-0.15, -0.1) is 0 Å². The maximum atomic E-state index is 13.5. The largest absolute Gasteiger partial charge is 0.278 e. The van der Waals surface area contributed by atoms with Gasteiger partial charge in [-0.2, -0.15) is 0 Å². The lowest BCUT2D eigenvalue weighted by Crippen LogP contribution is -2.15. The Labute approximate surface area is 115 Å². The molecule has 2 rings (SSSR count). The molecule has 0 spiro atoms. The van der Waals surface area contributed by atoms with Crippen molar-refractivity contribution in [2.24, 2.45) is 0 Å². The first-order valence-electron chi connectivity index (χ1n) is 5.84. The summed E-state index contributed by atoms with van der Waals surface area (Å²) in [4.78, 5) is 3.28. The van der Waals surface area contributed by atoms with Gasteiger partial charge in [0.1, 0.15) is 16.5 Å². The summed E-state index contributed by atoms with van der Waals surface area (Å²) in [6.07, 6.45) is 3.61. The number of pyridine rings is 1. The Kier molecular flexibility index (Phi) is 3.99. The van der Waals surface area contributed by atoms with Crippen LogP contribution < -0.4 is 4.72 Å². The van der Waals surface area contributed by atoms with Crippen LogP contribution in [0.4, 0.5) is 14.5 Å². The van der Waals surface area contributed by atoms with Gasteiger partial charge >= 0.3 is 0 Å². The summed E-state index contributed by atoms with van der Waals surface area (Å²) in [6, 6.07) is 3.89. The van der Waals surface area contributed by atoms with Gasteiger partial charge in [0, 0.05) is 12.3 Å². The minimum atomic E-state index is -4.12. The summed E-state index contributed by atoms with van der Waals surface area (Å²) >= 11 is 0. The number of aromatic nitrogens is 1. The van der Waals surface area contributed by atoms with Crippen LogP contribution in [0.5, 0.6) is 0 Å². The highest BCUT2D eigenvalue weighted by Gasteiger charge is 2.19. The summed E-state index contributed by atoms with van der Waals surface area (Å²) in [7, 11) is -4.12. The fraction of sp³-hybridized carbons (Fsp3) is 0.154. The van der Waals surface area contributed by atoms with Crippen LogP contribution >= 0.6 is 0 Å². The summed E-state index contributed by atoms with van der Waals surface area (Å²) < 4.78 is 52.6. The molecule has 7 heteroatoms. The number of sulfonamides is 1. The van der Waals surface area contributed by atoms with Crippen molar-refractivity contribution in [3.8, 4) is 0 Å². The average molecular weight is 298 g/mol. The fourth-order valence-corrected chi connectivity index (χ4v) is 2.73. The van der Waals surface area contributed by atoms with Crippen molar-refractivity contribution in [3.63, 3.8) is 0 Å². The van der Waals surface area contributed by atoms with Crippen molar-refractivity contribution in [3.05, 3.63) is 53.9 Å². The van der Waals surface area contributed by atoms with E-state index in [1.54, 1.807) is 12.3 Å². The molecule has 0 fully saturated rings. The van der Waals surface area contributed by atoms with E-state index < -0.39 is 26.6 Å². The number of nitrogens with zero attached hydrogens (tertiary/aromatic N) is 1. The molecule has 0 aliphatic heterocycles. The Morgan fingerprint density at radius 2 is 1.95 bits per heavy atom. The molecule has 0 saturated carbocycles. The van der Waals surface area contributed by atoms with E-state index in [1.165, 1.54) is 6.20 Å². The lowest BCUT2D eigenvalue weighted by Gasteiger charge is -2.09. The number of aryl methyl sites for hydroxylation is 1. The Morgan fingerprint density at radius 3 is 2.60 bits per heavy atom. The molecule has 1 aromatic heterocycles. The van der Waals surface area contributed by atoms with Crippen molar-refractivity contribution >= 4 is 15.7 Å². The number of hydrogen-bond donors (Lipinski definition) is 1. The van der Waals surface area contributed by atoms with Crippen LogP contribution in [0.25, 0.3) is 0 Å². The minimum Gasteiger partial charge on any atom is -0.278 e. The van der Waals surface area contributed by atoms with E-state index >= 15 is 0 Å². The Balaban J connectivity index is 2.35. The van der Waals surface area contributed by atoms with Gasteiger partial charge in [-0.05, 0) is 30.2 Å². The zero-order valence-corrected chi connectivity index (χ0v) is 11.4. The normalized spacial score (nSPS) is 11.3. The number of halogens is 2. The molecule has 1 heterocycles. The van der Waals surface area contributed by atoms with Crippen molar-refractivity contribution in [1.82, 2.24) is 4.98 Å². The number of anilines is 1. The Morgan fingerprint density at radius 1 is 1.20 bits per heavy atom. The number of nitrogens with one attached hydrogen (secondary N) is 1. The van der Waals surface area contributed by atoms with Gasteiger partial charge in [0.15, 0.2) is 0 Å². The van der Waals surface area contributed by atoms with Crippen LogP contribution in [0.1, 0.15) is 12.5 Å². The Bertz CT molecular complexity index is 733. The third-order valence-corrected chi connectivity index (χ3v) is 4.05. The quantitative estimate of drug-likeness (QED) is 0.944. The van der Waals surface area contributed by atoms with Gasteiger partial charge in [0.2, 0.25) is 0 Å². The number of rotatable bonds is 4. The molecule has 0 unspecified atom stereocenters. The molecule has 0 aliphatic carbocycles. The second kappa shape index (κ2) is 5.54. The topological polar surface area (TPSA) is 59.1 Å². The van der Waals surface area contributed by atoms with E-state index in [9.17, 15) is 17.2 Å². The molecule has 0 amide bonds. The van der Waals surface area contributed by atoms with Crippen molar-refractivity contribution in [2.75, 3.05) is 4.72 Å². The van der Waals surface area contributed by atoms with Gasteiger partial charge in [0.05, 0.1) is 11.9 Å². The molecular formula is C13H12F2N2O2S. The molecule has 106 valence electrons. The first-order chi connectivity index (χ1) is 9.42. The lowest BCUT2D eigenvalue weighted by molar-refractivity contribution is 0.551. The molecule has 0 saturated heterocycles. The highest BCUT2D eigenvalue weighted by atomic mass is 32.2. The molecule has 1 aromatic carbocycles. The van der Waals surface area contributed by atoms with Gasteiger partial charge in [0.25, 0.3) is 10.0 Å². The van der Waals surface area contributed by atoms with Crippen LogP contribution in [-0.4, -0.2) is 13.4 Å². The molecular weight excluding hydrogens is 286 g/mol. The number of benzene rings is 1. The zero-order valence-electron chi connectivity index (χ0n) is 10.6. The molecule has 0 atom stereocenters. The van der Waals surface area contributed by atoms with Crippen molar-refractivity contribution < 1.29 is 17.2 Å². The van der Waals surface area contributed by atoms with Crippen LogP contribution in [-0.2, 0) is 16.4 Å². The predicted octanol–water partition coefficient (Wildman–Crippen LogP) is 2.72. The van der Waals surface area contributed by atoms with E-state index in [-0.39, 0.29) is 5.69 Å². The van der Waals surface area contributed by atoms with Crippen molar-refractivity contribution in [2.45, 2.75) is 18.2 Å². The SMILES string of the molecule is CCc1cncc(NS(=O)(=O)c2ccc(F)cc2F)c1. The second-order valence-corrected chi connectivity index (χ2v) is 5.77. The van der Waals surface area contributed by atoms with Gasteiger partial charge in [-0.1, -0.05) is 6.92 Å².